The molecule has 9 heteroatoms. The number of carbonyl (C=O) groups excluding carboxylic acids is 3. The van der Waals surface area contributed by atoms with Gasteiger partial charge in [-0.3, -0.25) is 14.4 Å². The van der Waals surface area contributed by atoms with Gasteiger partial charge in [-0.1, -0.05) is 0 Å². The second-order valence-corrected chi connectivity index (χ2v) is 7.43. The molecule has 1 amide bonds. The molecule has 2 N–H and O–H groups in total. The molecule has 30 heavy (non-hydrogen) atoms. The first-order valence-electron chi connectivity index (χ1n) is 9.15. The highest BCUT2D eigenvalue weighted by Crippen LogP contribution is 2.31. The molecule has 8 nitrogen and oxygen atoms in total. The number of aliphatic hydroxyl groups excluding tert-OH is 1. The molecular formula is C21H20FN3O5. The number of anilines is 1. The fraction of sp³-hybridized carbons (Fsp3) is 0.333. The summed E-state index contributed by atoms with van der Waals surface area (Å²) in [6.07, 6.45) is -0.134. The number of nitrogens with one attached hydrogen (secondary N) is 1. The van der Waals surface area contributed by atoms with Gasteiger partial charge in [-0.15, -0.1) is 0 Å². The van der Waals surface area contributed by atoms with Crippen molar-refractivity contribution in [2.24, 2.45) is 12.5 Å². The van der Waals surface area contributed by atoms with Gasteiger partial charge < -0.3 is 19.7 Å². The van der Waals surface area contributed by atoms with Crippen LogP contribution in [0.3, 0.4) is 0 Å². The number of nitrogens with zero attached hydrogens (tertiary/aromatic N) is 2. The topological polar surface area (TPSA) is 121 Å². The van der Waals surface area contributed by atoms with Gasteiger partial charge in [0.25, 0.3) is 5.91 Å². The molecule has 0 saturated carbocycles. The zero-order valence-corrected chi connectivity index (χ0v) is 16.5. The number of benzene rings is 1. The Kier molecular flexibility index (Phi) is 5.82. The maximum Gasteiger partial charge on any atom is 0.272 e. The summed E-state index contributed by atoms with van der Waals surface area (Å²) in [7, 11) is 1.58. The van der Waals surface area contributed by atoms with Gasteiger partial charge in [-0.25, -0.2) is 4.39 Å². The van der Waals surface area contributed by atoms with Crippen LogP contribution in [0.15, 0.2) is 24.3 Å². The summed E-state index contributed by atoms with van der Waals surface area (Å²) >= 11 is 0. The molecule has 156 valence electrons. The van der Waals surface area contributed by atoms with Crippen molar-refractivity contribution in [3.8, 4) is 6.07 Å². The van der Waals surface area contributed by atoms with E-state index in [0.717, 1.165) is 6.07 Å². The quantitative estimate of drug-likeness (QED) is 0.527. The third-order valence-corrected chi connectivity index (χ3v) is 5.30. The minimum Gasteiger partial charge on any atom is -0.396 e. The summed E-state index contributed by atoms with van der Waals surface area (Å²) in [5.41, 5.74) is -0.0754. The van der Waals surface area contributed by atoms with Crippen LogP contribution in [0.4, 0.5) is 10.1 Å². The highest BCUT2D eigenvalue weighted by Gasteiger charge is 2.41. The van der Waals surface area contributed by atoms with E-state index >= 15 is 0 Å². The minimum atomic E-state index is -0.740. The molecule has 2 aromatic rings. The molecule has 0 atom stereocenters. The van der Waals surface area contributed by atoms with Crippen LogP contribution in [0.1, 0.15) is 38.5 Å². The van der Waals surface area contributed by atoms with Crippen molar-refractivity contribution in [1.29, 1.82) is 5.26 Å². The van der Waals surface area contributed by atoms with Crippen molar-refractivity contribution in [2.75, 3.05) is 25.1 Å². The zero-order chi connectivity index (χ0) is 22.1. The lowest BCUT2D eigenvalue weighted by Crippen LogP contribution is -2.47. The summed E-state index contributed by atoms with van der Waals surface area (Å²) in [5.74, 6) is -2.68. The molecule has 1 saturated heterocycles. The van der Waals surface area contributed by atoms with Crippen molar-refractivity contribution >= 4 is 23.2 Å². The summed E-state index contributed by atoms with van der Waals surface area (Å²) in [6, 6.07) is 6.60. The maximum absolute atomic E-state index is 13.5. The maximum atomic E-state index is 13.5. The van der Waals surface area contributed by atoms with Crippen molar-refractivity contribution in [2.45, 2.75) is 13.3 Å². The standard InChI is InChI=1S/C21H20FN3O5/c1-12-15(19(28)18(27)7-21(9-26)10-30-11-21)6-17(25(12)2)20(29)24-14-3-4-16(22)13(5-14)8-23/h3-6,26H,7,9-11H2,1-2H3,(H,24,29). The fourth-order valence-electron chi connectivity index (χ4n) is 3.24. The number of amides is 1. The number of aliphatic hydroxyl groups is 1. The summed E-state index contributed by atoms with van der Waals surface area (Å²) in [4.78, 5) is 37.8. The first-order chi connectivity index (χ1) is 14.2. The van der Waals surface area contributed by atoms with Gasteiger partial charge in [0.2, 0.25) is 11.6 Å². The largest absolute Gasteiger partial charge is 0.396 e. The van der Waals surface area contributed by atoms with Crippen molar-refractivity contribution < 1.29 is 28.6 Å². The molecule has 2 heterocycles. The van der Waals surface area contributed by atoms with Gasteiger partial charge >= 0.3 is 0 Å². The minimum absolute atomic E-state index is 0.0952. The van der Waals surface area contributed by atoms with Crippen LogP contribution in [0.2, 0.25) is 0 Å². The number of ketones is 2. The van der Waals surface area contributed by atoms with E-state index in [9.17, 15) is 23.9 Å². The van der Waals surface area contributed by atoms with Gasteiger partial charge in [-0.05, 0) is 31.2 Å². The second kappa shape index (κ2) is 8.18. The van der Waals surface area contributed by atoms with Gasteiger partial charge in [0.15, 0.2) is 0 Å². The Balaban J connectivity index is 1.80. The third-order valence-electron chi connectivity index (χ3n) is 5.30. The Morgan fingerprint density at radius 3 is 2.60 bits per heavy atom. The second-order valence-electron chi connectivity index (χ2n) is 7.43. The van der Waals surface area contributed by atoms with Gasteiger partial charge in [0.05, 0.1) is 25.4 Å². The van der Waals surface area contributed by atoms with E-state index in [1.165, 1.54) is 22.8 Å². The molecule has 1 aromatic carbocycles. The number of hydrogen-bond donors (Lipinski definition) is 2. The molecule has 1 fully saturated rings. The normalized spacial score (nSPS) is 14.5. The molecule has 1 aliphatic heterocycles. The van der Waals surface area contributed by atoms with E-state index in [2.05, 4.69) is 5.32 Å². The zero-order valence-electron chi connectivity index (χ0n) is 16.5. The van der Waals surface area contributed by atoms with E-state index in [1.807, 2.05) is 0 Å². The van der Waals surface area contributed by atoms with E-state index in [0.29, 0.717) is 5.69 Å². The Morgan fingerprint density at radius 1 is 1.33 bits per heavy atom. The third kappa shape index (κ3) is 3.87. The lowest BCUT2D eigenvalue weighted by Gasteiger charge is -2.39. The molecule has 0 bridgehead atoms. The van der Waals surface area contributed by atoms with Crippen LogP contribution < -0.4 is 5.32 Å². The summed E-state index contributed by atoms with van der Waals surface area (Å²) in [6.45, 7) is 1.78. The van der Waals surface area contributed by atoms with Crippen molar-refractivity contribution in [3.63, 3.8) is 0 Å². The fourth-order valence-corrected chi connectivity index (χ4v) is 3.24. The molecule has 0 unspecified atom stereocenters. The molecule has 0 radical (unpaired) electrons. The predicted octanol–water partition coefficient (Wildman–Crippen LogP) is 1.75. The first-order valence-corrected chi connectivity index (χ1v) is 9.15. The molecular weight excluding hydrogens is 393 g/mol. The number of nitriles is 1. The lowest BCUT2D eigenvalue weighted by atomic mass is 9.80. The number of rotatable bonds is 7. The average molecular weight is 413 g/mol. The molecule has 3 rings (SSSR count). The van der Waals surface area contributed by atoms with Crippen LogP contribution in [0.25, 0.3) is 0 Å². The summed E-state index contributed by atoms with van der Waals surface area (Å²) in [5, 5.41) is 20.9. The molecule has 0 spiro atoms. The van der Waals surface area contributed by atoms with Gasteiger partial charge in [0.1, 0.15) is 17.6 Å². The Bertz CT molecular complexity index is 1070. The Morgan fingerprint density at radius 2 is 2.03 bits per heavy atom. The molecule has 1 aromatic heterocycles. The predicted molar refractivity (Wildman–Crippen MR) is 104 cm³/mol. The number of halogens is 1. The smallest absolute Gasteiger partial charge is 0.272 e. The van der Waals surface area contributed by atoms with Crippen LogP contribution in [-0.2, 0) is 16.6 Å². The average Bonchev–Trinajstić information content (AvgIpc) is 3.00. The van der Waals surface area contributed by atoms with Crippen LogP contribution in [0.5, 0.6) is 0 Å². The highest BCUT2D eigenvalue weighted by molar-refractivity contribution is 6.44. The Hall–Kier alpha value is -3.35. The van der Waals surface area contributed by atoms with E-state index in [-0.39, 0.29) is 48.7 Å². The highest BCUT2D eigenvalue weighted by atomic mass is 19.1. The summed E-state index contributed by atoms with van der Waals surface area (Å²) < 4.78 is 20.0. The number of aromatic nitrogens is 1. The van der Waals surface area contributed by atoms with E-state index in [1.54, 1.807) is 20.0 Å². The van der Waals surface area contributed by atoms with E-state index < -0.39 is 28.7 Å². The monoisotopic (exact) mass is 413 g/mol. The lowest BCUT2D eigenvalue weighted by molar-refractivity contribution is -0.150. The van der Waals surface area contributed by atoms with Crippen LogP contribution in [0, 0.1) is 29.5 Å². The van der Waals surface area contributed by atoms with Crippen molar-refractivity contribution in [1.82, 2.24) is 4.57 Å². The van der Waals surface area contributed by atoms with Crippen molar-refractivity contribution in [3.05, 3.63) is 52.6 Å². The van der Waals surface area contributed by atoms with Gasteiger partial charge in [0, 0.05) is 35.8 Å². The number of carbonyl (C=O) groups is 3. The van der Waals surface area contributed by atoms with Gasteiger partial charge in [-0.2, -0.15) is 5.26 Å². The number of Topliss-reactive ketones (excluding diaryl/α,β-unsaturated/α-hetero) is 2. The number of hydrogen-bond acceptors (Lipinski definition) is 6. The first kappa shape index (κ1) is 21.4. The number of ether oxygens (including phenoxy) is 1. The van der Waals surface area contributed by atoms with E-state index in [4.69, 9.17) is 10.00 Å². The van der Waals surface area contributed by atoms with Crippen LogP contribution >= 0.6 is 0 Å². The SMILES string of the molecule is Cc1c(C(=O)C(=O)CC2(CO)COC2)cc(C(=O)Nc2ccc(F)c(C#N)c2)n1C. The van der Waals surface area contributed by atoms with Crippen LogP contribution in [-0.4, -0.2) is 47.0 Å². The molecule has 1 aliphatic rings. The molecule has 0 aliphatic carbocycles. The Labute approximate surface area is 171 Å².